The van der Waals surface area contributed by atoms with Gasteiger partial charge < -0.3 is 19.1 Å². The summed E-state index contributed by atoms with van der Waals surface area (Å²) in [4.78, 5) is 26.8. The van der Waals surface area contributed by atoms with Gasteiger partial charge in [-0.2, -0.15) is 0 Å². The van der Waals surface area contributed by atoms with E-state index in [0.717, 1.165) is 12.0 Å². The molecule has 0 fully saturated rings. The van der Waals surface area contributed by atoms with Gasteiger partial charge in [-0.3, -0.25) is 9.59 Å². The number of benzene rings is 1. The van der Waals surface area contributed by atoms with E-state index in [1.54, 1.807) is 30.0 Å². The van der Waals surface area contributed by atoms with Crippen LogP contribution in [0.5, 0.6) is 0 Å². The maximum atomic E-state index is 12.5. The number of amides is 2. The molecule has 27 heavy (non-hydrogen) atoms. The predicted octanol–water partition coefficient (Wildman–Crippen LogP) is 3.94. The Morgan fingerprint density at radius 1 is 1.11 bits per heavy atom. The largest absolute Gasteiger partial charge is 0.466 e. The van der Waals surface area contributed by atoms with Crippen molar-refractivity contribution in [2.45, 2.75) is 26.8 Å². The van der Waals surface area contributed by atoms with Crippen molar-refractivity contribution in [3.8, 4) is 0 Å². The Kier molecular flexibility index (Phi) is 4.32. The predicted molar refractivity (Wildman–Crippen MR) is 99.7 cm³/mol. The molecule has 1 N–H and O–H groups in total. The van der Waals surface area contributed by atoms with Crippen LogP contribution in [0, 0.1) is 13.8 Å². The zero-order valence-electron chi connectivity index (χ0n) is 15.2. The SMILES string of the molecule is Cc1cc(C(=O)Nc2ccc3c(c2)CN(C(=O)c2ccco2)CC3)c(C)o1. The maximum absolute atomic E-state index is 12.5. The van der Waals surface area contributed by atoms with E-state index in [2.05, 4.69) is 5.32 Å². The van der Waals surface area contributed by atoms with Crippen molar-refractivity contribution >= 4 is 17.5 Å². The van der Waals surface area contributed by atoms with Crippen LogP contribution in [0.15, 0.2) is 51.5 Å². The number of rotatable bonds is 3. The monoisotopic (exact) mass is 364 g/mol. The maximum Gasteiger partial charge on any atom is 0.289 e. The summed E-state index contributed by atoms with van der Waals surface area (Å²) in [7, 11) is 0. The number of hydrogen-bond donors (Lipinski definition) is 1. The van der Waals surface area contributed by atoms with Gasteiger partial charge in [-0.05, 0) is 61.7 Å². The number of carbonyl (C=O) groups excluding carboxylic acids is 2. The summed E-state index contributed by atoms with van der Waals surface area (Å²) in [5.41, 5.74) is 3.44. The normalized spacial score (nSPS) is 13.3. The quantitative estimate of drug-likeness (QED) is 0.764. The number of nitrogens with zero attached hydrogens (tertiary/aromatic N) is 1. The lowest BCUT2D eigenvalue weighted by molar-refractivity contribution is 0.0702. The molecule has 2 aromatic heterocycles. The second kappa shape index (κ2) is 6.79. The number of hydrogen-bond acceptors (Lipinski definition) is 4. The molecule has 0 aliphatic carbocycles. The molecule has 0 atom stereocenters. The molecular formula is C21H20N2O4. The number of aryl methyl sites for hydroxylation is 2. The van der Waals surface area contributed by atoms with Crippen LogP contribution in [-0.2, 0) is 13.0 Å². The van der Waals surface area contributed by atoms with Gasteiger partial charge in [0.15, 0.2) is 5.76 Å². The molecule has 0 bridgehead atoms. The minimum Gasteiger partial charge on any atom is -0.466 e. The summed E-state index contributed by atoms with van der Waals surface area (Å²) >= 11 is 0. The third-order valence-electron chi connectivity index (χ3n) is 4.78. The molecule has 138 valence electrons. The van der Waals surface area contributed by atoms with Crippen LogP contribution in [0.4, 0.5) is 5.69 Å². The van der Waals surface area contributed by atoms with Gasteiger partial charge in [0, 0.05) is 18.8 Å². The van der Waals surface area contributed by atoms with Gasteiger partial charge >= 0.3 is 0 Å². The summed E-state index contributed by atoms with van der Waals surface area (Å²) in [6.07, 6.45) is 2.27. The van der Waals surface area contributed by atoms with Crippen molar-refractivity contribution in [2.24, 2.45) is 0 Å². The van der Waals surface area contributed by atoms with Gasteiger partial charge in [0.1, 0.15) is 11.5 Å². The van der Waals surface area contributed by atoms with Crippen molar-refractivity contribution in [3.05, 3.63) is 76.6 Å². The summed E-state index contributed by atoms with van der Waals surface area (Å²) in [5, 5.41) is 2.91. The number of nitrogens with one attached hydrogen (secondary N) is 1. The smallest absolute Gasteiger partial charge is 0.289 e. The van der Waals surface area contributed by atoms with Crippen molar-refractivity contribution in [1.82, 2.24) is 4.90 Å². The van der Waals surface area contributed by atoms with E-state index < -0.39 is 0 Å². The Labute approximate surface area is 156 Å². The molecular weight excluding hydrogens is 344 g/mol. The fourth-order valence-electron chi connectivity index (χ4n) is 3.42. The average Bonchev–Trinajstić information content (AvgIpc) is 3.30. The third kappa shape index (κ3) is 3.38. The van der Waals surface area contributed by atoms with Crippen LogP contribution in [0.1, 0.15) is 43.6 Å². The first-order chi connectivity index (χ1) is 13.0. The summed E-state index contributed by atoms with van der Waals surface area (Å²) in [5.74, 6) is 1.32. The topological polar surface area (TPSA) is 75.7 Å². The molecule has 0 radical (unpaired) electrons. The fourth-order valence-corrected chi connectivity index (χ4v) is 3.42. The van der Waals surface area contributed by atoms with E-state index in [1.165, 1.54) is 11.8 Å². The minimum atomic E-state index is -0.205. The first-order valence-electron chi connectivity index (χ1n) is 8.84. The van der Waals surface area contributed by atoms with Crippen molar-refractivity contribution in [2.75, 3.05) is 11.9 Å². The molecule has 3 aromatic rings. The average molecular weight is 364 g/mol. The molecule has 6 heteroatoms. The van der Waals surface area contributed by atoms with E-state index in [4.69, 9.17) is 8.83 Å². The van der Waals surface area contributed by atoms with Crippen LogP contribution in [0.2, 0.25) is 0 Å². The van der Waals surface area contributed by atoms with Crippen molar-refractivity contribution in [1.29, 1.82) is 0 Å². The van der Waals surface area contributed by atoms with Gasteiger partial charge in [-0.1, -0.05) is 6.07 Å². The second-order valence-corrected chi connectivity index (χ2v) is 6.72. The van der Waals surface area contributed by atoms with Crippen molar-refractivity contribution < 1.29 is 18.4 Å². The molecule has 0 spiro atoms. The van der Waals surface area contributed by atoms with E-state index in [-0.39, 0.29) is 11.8 Å². The van der Waals surface area contributed by atoms with E-state index in [0.29, 0.717) is 41.6 Å². The lowest BCUT2D eigenvalue weighted by Crippen LogP contribution is -2.35. The van der Waals surface area contributed by atoms with Crippen LogP contribution in [0.3, 0.4) is 0 Å². The summed E-state index contributed by atoms with van der Waals surface area (Å²) in [6, 6.07) is 10.9. The molecule has 0 saturated carbocycles. The Bertz CT molecular complexity index is 1000. The van der Waals surface area contributed by atoms with E-state index in [1.807, 2.05) is 25.1 Å². The fraction of sp³-hybridized carbons (Fsp3) is 0.238. The Hall–Kier alpha value is -3.28. The van der Waals surface area contributed by atoms with Crippen LogP contribution >= 0.6 is 0 Å². The molecule has 4 rings (SSSR count). The molecule has 1 aromatic carbocycles. The van der Waals surface area contributed by atoms with Gasteiger partial charge in [-0.25, -0.2) is 0 Å². The van der Waals surface area contributed by atoms with Crippen molar-refractivity contribution in [3.63, 3.8) is 0 Å². The van der Waals surface area contributed by atoms with Gasteiger partial charge in [0.05, 0.1) is 11.8 Å². The zero-order valence-corrected chi connectivity index (χ0v) is 15.2. The lowest BCUT2D eigenvalue weighted by atomic mass is 9.98. The van der Waals surface area contributed by atoms with Gasteiger partial charge in [0.2, 0.25) is 0 Å². The molecule has 1 aliphatic heterocycles. The zero-order chi connectivity index (χ0) is 19.0. The number of carbonyl (C=O) groups is 2. The van der Waals surface area contributed by atoms with Gasteiger partial charge in [-0.15, -0.1) is 0 Å². The highest BCUT2D eigenvalue weighted by Gasteiger charge is 2.24. The second-order valence-electron chi connectivity index (χ2n) is 6.72. The Morgan fingerprint density at radius 2 is 1.96 bits per heavy atom. The first kappa shape index (κ1) is 17.1. The highest BCUT2D eigenvalue weighted by molar-refractivity contribution is 6.05. The standard InChI is InChI=1S/C21H20N2O4/c1-13-10-18(14(2)27-13)20(24)22-17-6-5-15-7-8-23(12-16(15)11-17)21(25)19-4-3-9-26-19/h3-6,9-11H,7-8,12H2,1-2H3,(H,22,24). The van der Waals surface area contributed by atoms with Crippen LogP contribution in [0.25, 0.3) is 0 Å². The number of furan rings is 2. The summed E-state index contributed by atoms with van der Waals surface area (Å²) in [6.45, 7) is 4.72. The lowest BCUT2D eigenvalue weighted by Gasteiger charge is -2.28. The van der Waals surface area contributed by atoms with Crippen LogP contribution < -0.4 is 5.32 Å². The molecule has 6 nitrogen and oxygen atoms in total. The van der Waals surface area contributed by atoms with E-state index >= 15 is 0 Å². The third-order valence-corrected chi connectivity index (χ3v) is 4.78. The Morgan fingerprint density at radius 3 is 2.67 bits per heavy atom. The number of fused-ring (bicyclic) bond motifs is 1. The molecule has 3 heterocycles. The molecule has 1 aliphatic rings. The Balaban J connectivity index is 1.52. The number of anilines is 1. The first-order valence-corrected chi connectivity index (χ1v) is 8.84. The highest BCUT2D eigenvalue weighted by Crippen LogP contribution is 2.25. The van der Waals surface area contributed by atoms with Crippen LogP contribution in [-0.4, -0.2) is 23.3 Å². The molecule has 0 saturated heterocycles. The van der Waals surface area contributed by atoms with E-state index in [9.17, 15) is 9.59 Å². The minimum absolute atomic E-state index is 0.121. The molecule has 0 unspecified atom stereocenters. The highest BCUT2D eigenvalue weighted by atomic mass is 16.3. The summed E-state index contributed by atoms with van der Waals surface area (Å²) < 4.78 is 10.6. The molecule has 2 amide bonds. The van der Waals surface area contributed by atoms with Gasteiger partial charge in [0.25, 0.3) is 11.8 Å².